The molecule has 0 spiro atoms. The smallest absolute Gasteiger partial charge is 0.257 e. The van der Waals surface area contributed by atoms with Gasteiger partial charge in [-0.15, -0.1) is 0 Å². The summed E-state index contributed by atoms with van der Waals surface area (Å²) in [5.74, 6) is 0.178. The highest BCUT2D eigenvalue weighted by Gasteiger charge is 2.15. The first kappa shape index (κ1) is 21.3. The topological polar surface area (TPSA) is 97.6 Å². The van der Waals surface area contributed by atoms with E-state index in [4.69, 9.17) is 9.72 Å². The predicted octanol–water partition coefficient (Wildman–Crippen LogP) is 3.20. The average Bonchev–Trinajstić information content (AvgIpc) is 3.16. The molecule has 0 fully saturated rings. The maximum absolute atomic E-state index is 12.6. The minimum atomic E-state index is -0.221. The summed E-state index contributed by atoms with van der Waals surface area (Å²) in [7, 11) is 1.55. The minimum Gasteiger partial charge on any atom is -0.484 e. The Bertz CT molecular complexity index is 1310. The van der Waals surface area contributed by atoms with E-state index in [9.17, 15) is 9.59 Å². The summed E-state index contributed by atoms with van der Waals surface area (Å²) in [6.07, 6.45) is 0.856. The number of rotatable bonds is 7. The normalized spacial score (nSPS) is 11.0. The van der Waals surface area contributed by atoms with Crippen molar-refractivity contribution in [3.63, 3.8) is 0 Å². The molecule has 2 aromatic heterocycles. The second kappa shape index (κ2) is 9.05. The highest BCUT2D eigenvalue weighted by atomic mass is 16.5. The number of hydrogen-bond donors (Lipinski definition) is 2. The van der Waals surface area contributed by atoms with Crippen LogP contribution in [0, 0.1) is 13.8 Å². The standard InChI is InChI=1S/C24H25N5O3/c1-15-19(16(2)29-24(26-15)20-9-4-5-10-21(20)28-29)11-12-22(30)27-17-7-6-8-18(13-17)32-14-23(31)25-3/h4-10,13H,11-12,14H2,1-3H3,(H,25,31)(H,27,30). The molecule has 32 heavy (non-hydrogen) atoms. The number of benzene rings is 2. The maximum Gasteiger partial charge on any atom is 0.257 e. The van der Waals surface area contributed by atoms with Gasteiger partial charge in [-0.3, -0.25) is 9.59 Å². The third kappa shape index (κ3) is 4.39. The van der Waals surface area contributed by atoms with E-state index < -0.39 is 0 Å². The van der Waals surface area contributed by atoms with Crippen molar-refractivity contribution in [2.24, 2.45) is 0 Å². The van der Waals surface area contributed by atoms with Gasteiger partial charge in [0.15, 0.2) is 12.3 Å². The summed E-state index contributed by atoms with van der Waals surface area (Å²) in [4.78, 5) is 28.7. The number of aryl methyl sites for hydroxylation is 2. The van der Waals surface area contributed by atoms with Crippen LogP contribution in [0.5, 0.6) is 5.75 Å². The largest absolute Gasteiger partial charge is 0.484 e. The van der Waals surface area contributed by atoms with E-state index in [0.29, 0.717) is 24.3 Å². The van der Waals surface area contributed by atoms with E-state index in [1.54, 1.807) is 31.3 Å². The molecule has 2 aromatic carbocycles. The second-order valence-electron chi connectivity index (χ2n) is 7.55. The molecule has 4 rings (SSSR count). The lowest BCUT2D eigenvalue weighted by molar-refractivity contribution is -0.122. The number of hydrogen-bond acceptors (Lipinski definition) is 5. The van der Waals surface area contributed by atoms with Crippen LogP contribution < -0.4 is 15.4 Å². The van der Waals surface area contributed by atoms with Gasteiger partial charge < -0.3 is 15.4 Å². The molecule has 0 saturated carbocycles. The Morgan fingerprint density at radius 2 is 1.88 bits per heavy atom. The lowest BCUT2D eigenvalue weighted by Crippen LogP contribution is -2.24. The van der Waals surface area contributed by atoms with Gasteiger partial charge in [0.25, 0.3) is 5.91 Å². The van der Waals surface area contributed by atoms with Gasteiger partial charge in [-0.05, 0) is 50.1 Å². The number of ether oxygens (including phenoxy) is 1. The van der Waals surface area contributed by atoms with Crippen molar-refractivity contribution in [3.05, 3.63) is 65.5 Å². The number of likely N-dealkylation sites (N-methyl/N-ethyl adjacent to an activating group) is 1. The van der Waals surface area contributed by atoms with Crippen molar-refractivity contribution in [1.82, 2.24) is 19.9 Å². The fourth-order valence-electron chi connectivity index (χ4n) is 3.69. The molecular formula is C24H25N5O3. The SMILES string of the molecule is CNC(=O)COc1cccc(NC(=O)CCc2c(C)nc3c4ccccc4nn3c2C)c1. The van der Waals surface area contributed by atoms with E-state index >= 15 is 0 Å². The van der Waals surface area contributed by atoms with Gasteiger partial charge in [0.1, 0.15) is 5.75 Å². The van der Waals surface area contributed by atoms with E-state index in [1.807, 2.05) is 42.6 Å². The van der Waals surface area contributed by atoms with Crippen molar-refractivity contribution in [2.45, 2.75) is 26.7 Å². The van der Waals surface area contributed by atoms with E-state index in [-0.39, 0.29) is 18.4 Å². The Hall–Kier alpha value is -3.94. The van der Waals surface area contributed by atoms with E-state index in [2.05, 4.69) is 15.7 Å². The Morgan fingerprint density at radius 1 is 1.06 bits per heavy atom. The molecular weight excluding hydrogens is 406 g/mol. The fourth-order valence-corrected chi connectivity index (χ4v) is 3.69. The minimum absolute atomic E-state index is 0.0790. The first-order valence-electron chi connectivity index (χ1n) is 10.4. The zero-order chi connectivity index (χ0) is 22.7. The zero-order valence-electron chi connectivity index (χ0n) is 18.3. The number of nitrogens with zero attached hydrogens (tertiary/aromatic N) is 3. The summed E-state index contributed by atoms with van der Waals surface area (Å²) in [5, 5.41) is 11.1. The Morgan fingerprint density at radius 3 is 2.69 bits per heavy atom. The van der Waals surface area contributed by atoms with Crippen LogP contribution in [0.4, 0.5) is 5.69 Å². The van der Waals surface area contributed by atoms with Crippen LogP contribution in [0.25, 0.3) is 16.6 Å². The summed E-state index contributed by atoms with van der Waals surface area (Å²) in [6, 6.07) is 14.9. The van der Waals surface area contributed by atoms with Crippen molar-refractivity contribution in [3.8, 4) is 5.75 Å². The number of carbonyl (C=O) groups excluding carboxylic acids is 2. The molecule has 8 nitrogen and oxygen atoms in total. The van der Waals surface area contributed by atoms with Gasteiger partial charge in [-0.2, -0.15) is 5.10 Å². The van der Waals surface area contributed by atoms with E-state index in [1.165, 1.54) is 0 Å². The summed E-state index contributed by atoms with van der Waals surface area (Å²) >= 11 is 0. The molecule has 0 atom stereocenters. The molecule has 0 aliphatic carbocycles. The third-order valence-corrected chi connectivity index (χ3v) is 5.39. The van der Waals surface area contributed by atoms with Crippen LogP contribution in [0.15, 0.2) is 48.5 Å². The maximum atomic E-state index is 12.6. The van der Waals surface area contributed by atoms with Gasteiger partial charge in [-0.25, -0.2) is 9.50 Å². The Labute approximate surface area is 185 Å². The first-order chi connectivity index (χ1) is 15.5. The number of fused-ring (bicyclic) bond motifs is 3. The molecule has 4 aromatic rings. The van der Waals surface area contributed by atoms with Crippen LogP contribution in [0.2, 0.25) is 0 Å². The monoisotopic (exact) mass is 431 g/mol. The molecule has 0 bridgehead atoms. The molecule has 0 radical (unpaired) electrons. The summed E-state index contributed by atoms with van der Waals surface area (Å²) in [5.41, 5.74) is 5.25. The van der Waals surface area contributed by atoms with Gasteiger partial charge >= 0.3 is 0 Å². The fraction of sp³-hybridized carbons (Fsp3) is 0.250. The molecule has 0 aliphatic heterocycles. The first-order valence-corrected chi connectivity index (χ1v) is 10.4. The highest BCUT2D eigenvalue weighted by molar-refractivity contribution is 5.92. The number of nitrogens with one attached hydrogen (secondary N) is 2. The number of aromatic nitrogens is 3. The lowest BCUT2D eigenvalue weighted by Gasteiger charge is -2.12. The van der Waals surface area contributed by atoms with Crippen LogP contribution in [0.1, 0.15) is 23.4 Å². The van der Waals surface area contributed by atoms with Crippen molar-refractivity contribution >= 4 is 34.1 Å². The molecule has 0 aliphatic rings. The molecule has 2 amide bonds. The van der Waals surface area contributed by atoms with Crippen LogP contribution in [-0.4, -0.2) is 40.1 Å². The van der Waals surface area contributed by atoms with E-state index in [0.717, 1.165) is 33.5 Å². The van der Waals surface area contributed by atoms with Crippen molar-refractivity contribution in [1.29, 1.82) is 0 Å². The number of carbonyl (C=O) groups is 2. The van der Waals surface area contributed by atoms with Crippen LogP contribution in [-0.2, 0) is 16.0 Å². The molecule has 0 unspecified atom stereocenters. The number of amides is 2. The highest BCUT2D eigenvalue weighted by Crippen LogP contribution is 2.23. The Balaban J connectivity index is 1.45. The summed E-state index contributed by atoms with van der Waals surface area (Å²) < 4.78 is 7.29. The lowest BCUT2D eigenvalue weighted by atomic mass is 10.1. The molecule has 8 heteroatoms. The molecule has 2 N–H and O–H groups in total. The van der Waals surface area contributed by atoms with Crippen LogP contribution >= 0.6 is 0 Å². The van der Waals surface area contributed by atoms with Gasteiger partial charge in [0.05, 0.1) is 5.52 Å². The zero-order valence-corrected chi connectivity index (χ0v) is 18.3. The molecule has 0 saturated heterocycles. The molecule has 164 valence electrons. The Kier molecular flexibility index (Phi) is 6.02. The predicted molar refractivity (Wildman–Crippen MR) is 123 cm³/mol. The third-order valence-electron chi connectivity index (χ3n) is 5.39. The second-order valence-corrected chi connectivity index (χ2v) is 7.55. The molecule has 2 heterocycles. The van der Waals surface area contributed by atoms with Gasteiger partial charge in [0, 0.05) is 42.0 Å². The number of anilines is 1. The van der Waals surface area contributed by atoms with Gasteiger partial charge in [0.2, 0.25) is 5.91 Å². The van der Waals surface area contributed by atoms with Crippen molar-refractivity contribution in [2.75, 3.05) is 19.0 Å². The van der Waals surface area contributed by atoms with Crippen molar-refractivity contribution < 1.29 is 14.3 Å². The van der Waals surface area contributed by atoms with Gasteiger partial charge in [-0.1, -0.05) is 18.2 Å². The average molecular weight is 431 g/mol. The van der Waals surface area contributed by atoms with Crippen LogP contribution in [0.3, 0.4) is 0 Å². The quantitative estimate of drug-likeness (QED) is 0.468. The summed E-state index contributed by atoms with van der Waals surface area (Å²) in [6.45, 7) is 3.90.